The van der Waals surface area contributed by atoms with Crippen molar-refractivity contribution in [2.24, 2.45) is 0 Å². The second kappa shape index (κ2) is 8.83. The molecule has 2 heterocycles. The van der Waals surface area contributed by atoms with Gasteiger partial charge in [0.25, 0.3) is 0 Å². The van der Waals surface area contributed by atoms with Crippen LogP contribution in [-0.2, 0) is 5.41 Å². The van der Waals surface area contributed by atoms with Crippen LogP contribution in [0.25, 0.3) is 11.4 Å². The average molecular weight is 408 g/mol. The van der Waals surface area contributed by atoms with Crippen molar-refractivity contribution >= 4 is 17.5 Å². The lowest BCUT2D eigenvalue weighted by atomic mass is 9.87. The third-order valence-electron chi connectivity index (χ3n) is 4.96. The Morgan fingerprint density at radius 3 is 2.20 bits per heavy atom. The van der Waals surface area contributed by atoms with Gasteiger partial charge in [-0.2, -0.15) is 5.10 Å². The van der Waals surface area contributed by atoms with Crippen LogP contribution in [0.4, 0.5) is 17.5 Å². The number of aryl methyl sites for hydroxylation is 1. The Morgan fingerprint density at radius 2 is 1.63 bits per heavy atom. The van der Waals surface area contributed by atoms with Gasteiger partial charge in [-0.05, 0) is 32.0 Å². The zero-order valence-corrected chi connectivity index (χ0v) is 19.1. The molecular formula is C23H33N7. The molecule has 30 heavy (non-hydrogen) atoms. The van der Waals surface area contributed by atoms with E-state index in [-0.39, 0.29) is 5.41 Å². The molecule has 0 saturated carbocycles. The molecule has 0 aliphatic heterocycles. The van der Waals surface area contributed by atoms with Gasteiger partial charge in [-0.3, -0.25) is 5.10 Å². The van der Waals surface area contributed by atoms with E-state index in [2.05, 4.69) is 91.5 Å². The first-order valence-electron chi connectivity index (χ1n) is 10.3. The minimum absolute atomic E-state index is 0.109. The van der Waals surface area contributed by atoms with Crippen molar-refractivity contribution in [3.05, 3.63) is 47.7 Å². The van der Waals surface area contributed by atoms with E-state index in [4.69, 9.17) is 9.97 Å². The van der Waals surface area contributed by atoms with Crippen LogP contribution < -0.4 is 10.2 Å². The van der Waals surface area contributed by atoms with E-state index in [1.807, 2.05) is 19.1 Å². The molecule has 0 unspecified atom stereocenters. The second-order valence-electron chi connectivity index (χ2n) is 9.05. The highest BCUT2D eigenvalue weighted by Gasteiger charge is 2.15. The van der Waals surface area contributed by atoms with Gasteiger partial charge in [0, 0.05) is 43.5 Å². The average Bonchev–Trinajstić information content (AvgIpc) is 3.09. The fourth-order valence-corrected chi connectivity index (χ4v) is 3.02. The molecule has 0 radical (unpaired) electrons. The number of H-pyrrole nitrogens is 1. The standard InChI is InChI=1S/C23H33N7/c1-16-14-20(28-27-16)24-19-15-21(30(7)13-12-29(5)6)26-22(25-19)17-8-10-18(11-9-17)23(2,3)4/h8-11,14-15H,12-13H2,1-7H3,(H2,24,25,26,27,28). The van der Waals surface area contributed by atoms with Crippen LogP contribution >= 0.6 is 0 Å². The number of hydrogen-bond donors (Lipinski definition) is 2. The van der Waals surface area contributed by atoms with E-state index in [1.54, 1.807) is 0 Å². The van der Waals surface area contributed by atoms with Crippen LogP contribution in [0.2, 0.25) is 0 Å². The Kier molecular flexibility index (Phi) is 6.41. The van der Waals surface area contributed by atoms with Crippen LogP contribution in [0.3, 0.4) is 0 Å². The van der Waals surface area contributed by atoms with Crippen LogP contribution in [0.5, 0.6) is 0 Å². The summed E-state index contributed by atoms with van der Waals surface area (Å²) in [5, 5.41) is 10.5. The fourth-order valence-electron chi connectivity index (χ4n) is 3.02. The quantitative estimate of drug-likeness (QED) is 0.611. The summed E-state index contributed by atoms with van der Waals surface area (Å²) < 4.78 is 0. The van der Waals surface area contributed by atoms with Crippen molar-refractivity contribution in [1.82, 2.24) is 25.1 Å². The van der Waals surface area contributed by atoms with Crippen LogP contribution in [0.1, 0.15) is 32.0 Å². The first-order chi connectivity index (χ1) is 14.1. The summed E-state index contributed by atoms with van der Waals surface area (Å²) >= 11 is 0. The number of benzene rings is 1. The second-order valence-corrected chi connectivity index (χ2v) is 9.05. The molecule has 3 aromatic rings. The van der Waals surface area contributed by atoms with E-state index >= 15 is 0 Å². The molecule has 0 amide bonds. The molecule has 0 aliphatic rings. The zero-order chi connectivity index (χ0) is 21.9. The largest absolute Gasteiger partial charge is 0.358 e. The van der Waals surface area contributed by atoms with Gasteiger partial charge < -0.3 is 15.1 Å². The van der Waals surface area contributed by atoms with E-state index in [9.17, 15) is 0 Å². The monoisotopic (exact) mass is 407 g/mol. The first-order valence-corrected chi connectivity index (χ1v) is 10.3. The number of aromatic nitrogens is 4. The summed E-state index contributed by atoms with van der Waals surface area (Å²) in [6, 6.07) is 12.4. The number of likely N-dealkylation sites (N-methyl/N-ethyl adjacent to an activating group) is 2. The van der Waals surface area contributed by atoms with Gasteiger partial charge in [0.1, 0.15) is 11.6 Å². The molecule has 7 heteroatoms. The predicted octanol–water partition coefficient (Wildman–Crippen LogP) is 4.21. The molecule has 0 saturated heterocycles. The molecule has 0 aliphatic carbocycles. The number of hydrogen-bond acceptors (Lipinski definition) is 6. The van der Waals surface area contributed by atoms with Gasteiger partial charge in [0.05, 0.1) is 0 Å². The van der Waals surface area contributed by atoms with Gasteiger partial charge in [-0.1, -0.05) is 45.0 Å². The van der Waals surface area contributed by atoms with Crippen molar-refractivity contribution in [1.29, 1.82) is 0 Å². The number of anilines is 3. The van der Waals surface area contributed by atoms with Crippen molar-refractivity contribution in [3.63, 3.8) is 0 Å². The Labute approximate surface area is 179 Å². The molecule has 2 aromatic heterocycles. The van der Waals surface area contributed by atoms with E-state index in [1.165, 1.54) is 5.56 Å². The van der Waals surface area contributed by atoms with Gasteiger partial charge in [0.15, 0.2) is 11.6 Å². The zero-order valence-electron chi connectivity index (χ0n) is 19.1. The van der Waals surface area contributed by atoms with E-state index < -0.39 is 0 Å². The molecule has 0 fully saturated rings. The Hall–Kier alpha value is -2.93. The van der Waals surface area contributed by atoms with E-state index in [0.717, 1.165) is 41.8 Å². The van der Waals surface area contributed by atoms with Crippen molar-refractivity contribution < 1.29 is 0 Å². The molecule has 1 aromatic carbocycles. The summed E-state index contributed by atoms with van der Waals surface area (Å²) in [5.74, 6) is 3.02. The normalized spacial score (nSPS) is 11.7. The molecule has 2 N–H and O–H groups in total. The summed E-state index contributed by atoms with van der Waals surface area (Å²) in [7, 11) is 6.20. The van der Waals surface area contributed by atoms with Crippen molar-refractivity contribution in [2.45, 2.75) is 33.1 Å². The van der Waals surface area contributed by atoms with Gasteiger partial charge in [-0.15, -0.1) is 0 Å². The summed E-state index contributed by atoms with van der Waals surface area (Å²) in [4.78, 5) is 13.9. The predicted molar refractivity (Wildman–Crippen MR) is 125 cm³/mol. The third-order valence-corrected chi connectivity index (χ3v) is 4.96. The van der Waals surface area contributed by atoms with Crippen LogP contribution in [-0.4, -0.2) is 59.3 Å². The lowest BCUT2D eigenvalue weighted by Gasteiger charge is -2.22. The summed E-state index contributed by atoms with van der Waals surface area (Å²) in [6.45, 7) is 10.4. The molecule has 7 nitrogen and oxygen atoms in total. The minimum atomic E-state index is 0.109. The third kappa shape index (κ3) is 5.57. The topological polar surface area (TPSA) is 73.0 Å². The number of nitrogens with zero attached hydrogens (tertiary/aromatic N) is 5. The molecule has 0 spiro atoms. The lowest BCUT2D eigenvalue weighted by molar-refractivity contribution is 0.416. The van der Waals surface area contributed by atoms with Gasteiger partial charge >= 0.3 is 0 Å². The maximum atomic E-state index is 4.85. The highest BCUT2D eigenvalue weighted by atomic mass is 15.2. The Bertz CT molecular complexity index is 968. The van der Waals surface area contributed by atoms with Crippen LogP contribution in [0, 0.1) is 6.92 Å². The van der Waals surface area contributed by atoms with Crippen LogP contribution in [0.15, 0.2) is 36.4 Å². The van der Waals surface area contributed by atoms with Gasteiger partial charge in [-0.25, -0.2) is 9.97 Å². The van der Waals surface area contributed by atoms with E-state index in [0.29, 0.717) is 5.82 Å². The molecule has 0 bridgehead atoms. The number of aromatic amines is 1. The summed E-state index contributed by atoms with van der Waals surface area (Å²) in [6.07, 6.45) is 0. The fraction of sp³-hybridized carbons (Fsp3) is 0.435. The van der Waals surface area contributed by atoms with Crippen molar-refractivity contribution in [2.75, 3.05) is 44.4 Å². The lowest BCUT2D eigenvalue weighted by Crippen LogP contribution is -2.29. The number of nitrogens with one attached hydrogen (secondary N) is 2. The molecule has 160 valence electrons. The maximum absolute atomic E-state index is 4.85. The highest BCUT2D eigenvalue weighted by molar-refractivity contribution is 5.64. The smallest absolute Gasteiger partial charge is 0.163 e. The van der Waals surface area contributed by atoms with Crippen molar-refractivity contribution in [3.8, 4) is 11.4 Å². The maximum Gasteiger partial charge on any atom is 0.163 e. The highest BCUT2D eigenvalue weighted by Crippen LogP contribution is 2.27. The molecular weight excluding hydrogens is 374 g/mol. The molecule has 0 atom stereocenters. The molecule has 3 rings (SSSR count). The first kappa shape index (κ1) is 21.8. The Morgan fingerprint density at radius 1 is 0.933 bits per heavy atom. The minimum Gasteiger partial charge on any atom is -0.358 e. The number of rotatable bonds is 7. The summed E-state index contributed by atoms with van der Waals surface area (Å²) in [5.41, 5.74) is 3.38. The van der Waals surface area contributed by atoms with Gasteiger partial charge in [0.2, 0.25) is 0 Å². The SMILES string of the molecule is Cc1cc(Nc2cc(N(C)CCN(C)C)nc(-c3ccc(C(C)(C)C)cc3)n2)n[nH]1. The Balaban J connectivity index is 1.96.